The summed E-state index contributed by atoms with van der Waals surface area (Å²) in [6.07, 6.45) is -1.19. The fourth-order valence-electron chi connectivity index (χ4n) is 3.56. The van der Waals surface area contributed by atoms with Crippen molar-refractivity contribution >= 4 is 49.8 Å². The number of alkyl halides is 1. The zero-order valence-corrected chi connectivity index (χ0v) is 19.4. The first-order chi connectivity index (χ1) is 16.0. The number of aryl methyl sites for hydroxylation is 1. The van der Waals surface area contributed by atoms with E-state index >= 15 is 4.39 Å². The molecule has 3 aromatic rings. The van der Waals surface area contributed by atoms with Crippen molar-refractivity contribution < 1.29 is 26.3 Å². The van der Waals surface area contributed by atoms with Crippen molar-refractivity contribution in [2.45, 2.75) is 12.3 Å². The van der Waals surface area contributed by atoms with Gasteiger partial charge in [0.25, 0.3) is 5.56 Å². The Bertz CT molecular complexity index is 1440. The minimum atomic E-state index is -4.26. The number of aromatic nitrogens is 2. The number of nitrogens with zero attached hydrogens (tertiary/aromatic N) is 3. The Kier molecular flexibility index (Phi) is 6.46. The number of methoxy groups -OCH3 is 1. The van der Waals surface area contributed by atoms with Crippen LogP contribution in [0.3, 0.4) is 0 Å². The molecule has 34 heavy (non-hydrogen) atoms. The Balaban J connectivity index is 1.67. The summed E-state index contributed by atoms with van der Waals surface area (Å²) in [5, 5.41) is 1.76. The van der Waals surface area contributed by atoms with Gasteiger partial charge in [-0.3, -0.25) is 9.52 Å². The Morgan fingerprint density at radius 2 is 1.88 bits per heavy atom. The zero-order chi connectivity index (χ0) is 24.8. The van der Waals surface area contributed by atoms with Crippen molar-refractivity contribution in [3.8, 4) is 0 Å². The van der Waals surface area contributed by atoms with Gasteiger partial charge >= 0.3 is 10.2 Å². The van der Waals surface area contributed by atoms with E-state index in [0.29, 0.717) is 0 Å². The summed E-state index contributed by atoms with van der Waals surface area (Å²) in [6, 6.07) is 4.61. The number of fused-ring (bicyclic) bond motifs is 1. The van der Waals surface area contributed by atoms with E-state index < -0.39 is 56.9 Å². The lowest BCUT2D eigenvalue weighted by molar-refractivity contribution is 0.0637. The second-order valence-corrected chi connectivity index (χ2v) is 9.65. The van der Waals surface area contributed by atoms with Crippen LogP contribution in [0.1, 0.15) is 0 Å². The topological polar surface area (TPSA) is 106 Å². The molecule has 1 aromatic heterocycles. The molecule has 1 aliphatic heterocycles. The van der Waals surface area contributed by atoms with Gasteiger partial charge in [0.15, 0.2) is 5.82 Å². The SMILES string of the molecule is CO[C@@H]1CN(S(=O)(=O)Nc2ccc(F)c(Nc3ccc4ncn(C)c(=O)c4c3F)c2Cl)C[C@@H]1F. The predicted molar refractivity (Wildman–Crippen MR) is 121 cm³/mol. The summed E-state index contributed by atoms with van der Waals surface area (Å²) in [5.74, 6) is -1.89. The number of ether oxygens (including phenoxy) is 1. The van der Waals surface area contributed by atoms with Crippen LogP contribution >= 0.6 is 11.6 Å². The number of rotatable bonds is 6. The van der Waals surface area contributed by atoms with E-state index in [1.54, 1.807) is 0 Å². The van der Waals surface area contributed by atoms with Gasteiger partial charge < -0.3 is 14.6 Å². The van der Waals surface area contributed by atoms with Gasteiger partial charge in [-0.1, -0.05) is 11.6 Å². The Labute approximate surface area is 197 Å². The summed E-state index contributed by atoms with van der Waals surface area (Å²) in [5.41, 5.74) is -1.47. The third kappa shape index (κ3) is 4.31. The highest BCUT2D eigenvalue weighted by Gasteiger charge is 2.39. The molecule has 2 atom stereocenters. The van der Waals surface area contributed by atoms with Crippen LogP contribution in [-0.4, -0.2) is 54.7 Å². The van der Waals surface area contributed by atoms with E-state index in [0.717, 1.165) is 21.0 Å². The average molecular weight is 518 g/mol. The van der Waals surface area contributed by atoms with Gasteiger partial charge in [-0.2, -0.15) is 12.7 Å². The summed E-state index contributed by atoms with van der Waals surface area (Å²) in [6.45, 7) is -0.648. The molecular formula is C20H19ClF3N5O4S. The molecule has 0 saturated carbocycles. The van der Waals surface area contributed by atoms with Crippen molar-refractivity contribution in [2.24, 2.45) is 7.05 Å². The largest absolute Gasteiger partial charge is 0.377 e. The van der Waals surface area contributed by atoms with Gasteiger partial charge in [0.2, 0.25) is 0 Å². The van der Waals surface area contributed by atoms with Crippen molar-refractivity contribution in [3.63, 3.8) is 0 Å². The highest BCUT2D eigenvalue weighted by molar-refractivity contribution is 7.90. The minimum Gasteiger partial charge on any atom is -0.377 e. The third-order valence-corrected chi connectivity index (χ3v) is 7.27. The van der Waals surface area contributed by atoms with Crippen LogP contribution in [0, 0.1) is 11.6 Å². The lowest BCUT2D eigenvalue weighted by Crippen LogP contribution is -2.35. The zero-order valence-electron chi connectivity index (χ0n) is 17.9. The number of hydrogen-bond acceptors (Lipinski definition) is 6. The van der Waals surface area contributed by atoms with Crippen LogP contribution in [0.15, 0.2) is 35.4 Å². The van der Waals surface area contributed by atoms with Gasteiger partial charge in [0, 0.05) is 27.2 Å². The minimum absolute atomic E-state index is 0.102. The molecule has 0 aliphatic carbocycles. The maximum Gasteiger partial charge on any atom is 0.301 e. The normalized spacial score (nSPS) is 19.0. The lowest BCUT2D eigenvalue weighted by atomic mass is 10.2. The molecule has 0 radical (unpaired) electrons. The number of benzene rings is 2. The van der Waals surface area contributed by atoms with Crippen LogP contribution in [0.2, 0.25) is 5.02 Å². The van der Waals surface area contributed by atoms with Crippen LogP contribution in [0.4, 0.5) is 30.2 Å². The lowest BCUT2D eigenvalue weighted by Gasteiger charge is -2.19. The molecule has 9 nitrogen and oxygen atoms in total. The van der Waals surface area contributed by atoms with E-state index in [1.807, 2.05) is 0 Å². The molecule has 0 unspecified atom stereocenters. The maximum absolute atomic E-state index is 15.1. The van der Waals surface area contributed by atoms with Crippen molar-refractivity contribution in [2.75, 3.05) is 30.2 Å². The highest BCUT2D eigenvalue weighted by atomic mass is 35.5. The molecule has 0 amide bonds. The van der Waals surface area contributed by atoms with Crippen LogP contribution in [0.25, 0.3) is 10.9 Å². The Morgan fingerprint density at radius 3 is 2.56 bits per heavy atom. The van der Waals surface area contributed by atoms with Gasteiger partial charge in [-0.15, -0.1) is 0 Å². The number of hydrogen-bond donors (Lipinski definition) is 2. The number of anilines is 3. The molecule has 4 rings (SSSR count). The van der Waals surface area contributed by atoms with Crippen LogP contribution in [0.5, 0.6) is 0 Å². The first kappa shape index (κ1) is 24.3. The highest BCUT2D eigenvalue weighted by Crippen LogP contribution is 2.37. The number of halogens is 4. The second-order valence-electron chi connectivity index (χ2n) is 7.61. The van der Waals surface area contributed by atoms with Crippen molar-refractivity contribution in [1.82, 2.24) is 13.9 Å². The van der Waals surface area contributed by atoms with Gasteiger partial charge in [-0.05, 0) is 24.3 Å². The molecule has 0 spiro atoms. The van der Waals surface area contributed by atoms with E-state index in [9.17, 15) is 22.0 Å². The van der Waals surface area contributed by atoms with E-state index in [2.05, 4.69) is 15.0 Å². The molecule has 1 fully saturated rings. The predicted octanol–water partition coefficient (Wildman–Crippen LogP) is 2.93. The van der Waals surface area contributed by atoms with E-state index in [1.165, 1.54) is 32.6 Å². The fourth-order valence-corrected chi connectivity index (χ4v) is 5.12. The molecule has 1 saturated heterocycles. The quantitative estimate of drug-likeness (QED) is 0.521. The standard InChI is InChI=1S/C20H19ClF3N5O4S/c1-28-9-25-12-5-6-14(18(24)16(12)20(28)30)26-19-10(22)3-4-13(17(19)21)27-34(31,32)29-7-11(23)15(8-29)33-2/h3-6,9,11,15,26-27H,7-8H2,1-2H3/t11-,15+/m0/s1. The second kappa shape index (κ2) is 9.06. The van der Waals surface area contributed by atoms with Crippen LogP contribution < -0.4 is 15.6 Å². The monoisotopic (exact) mass is 517 g/mol. The number of nitrogens with one attached hydrogen (secondary N) is 2. The van der Waals surface area contributed by atoms with Crippen molar-refractivity contribution in [1.29, 1.82) is 0 Å². The van der Waals surface area contributed by atoms with E-state index in [4.69, 9.17) is 16.3 Å². The van der Waals surface area contributed by atoms with Crippen LogP contribution in [-0.2, 0) is 22.0 Å². The van der Waals surface area contributed by atoms with Gasteiger partial charge in [0.05, 0.1) is 33.9 Å². The van der Waals surface area contributed by atoms with E-state index in [-0.39, 0.29) is 28.8 Å². The first-order valence-electron chi connectivity index (χ1n) is 9.87. The molecule has 2 heterocycles. The molecule has 0 bridgehead atoms. The van der Waals surface area contributed by atoms with Gasteiger partial charge in [0.1, 0.15) is 23.5 Å². The molecule has 1 aliphatic rings. The average Bonchev–Trinajstić information content (AvgIpc) is 3.18. The van der Waals surface area contributed by atoms with Gasteiger partial charge in [-0.25, -0.2) is 18.2 Å². The molecule has 2 aromatic carbocycles. The first-order valence-corrected chi connectivity index (χ1v) is 11.7. The smallest absolute Gasteiger partial charge is 0.301 e. The fraction of sp³-hybridized carbons (Fsp3) is 0.300. The summed E-state index contributed by atoms with van der Waals surface area (Å²) >= 11 is 6.24. The molecular weight excluding hydrogens is 499 g/mol. The Morgan fingerprint density at radius 1 is 1.18 bits per heavy atom. The Hall–Kier alpha value is -2.87. The summed E-state index contributed by atoms with van der Waals surface area (Å²) in [4.78, 5) is 16.3. The molecule has 14 heteroatoms. The maximum atomic E-state index is 15.1. The molecule has 182 valence electrons. The third-order valence-electron chi connectivity index (χ3n) is 5.42. The van der Waals surface area contributed by atoms with Crippen molar-refractivity contribution in [3.05, 3.63) is 57.6 Å². The summed E-state index contributed by atoms with van der Waals surface area (Å²) in [7, 11) is -1.58. The summed E-state index contributed by atoms with van der Waals surface area (Å²) < 4.78 is 78.1. The molecule has 2 N–H and O–H groups in total.